The van der Waals surface area contributed by atoms with Crippen LogP contribution in [0.2, 0.25) is 5.02 Å². The number of hydrogen-bond donors (Lipinski definition) is 1. The molecular formula is C18H19BrClN. The van der Waals surface area contributed by atoms with E-state index in [1.54, 1.807) is 0 Å². The standard InChI is InChI=1S/C18H19BrClN/c1-11-3-5-13(6-4-11)14-8-15(9-14)21-18-10-17(20)12(2)7-16(18)19/h3-7,10,14-15,21H,8-9H2,1-2H3. The molecule has 1 fully saturated rings. The maximum atomic E-state index is 6.21. The average Bonchev–Trinajstić information content (AvgIpc) is 2.40. The molecule has 21 heavy (non-hydrogen) atoms. The third-order valence-corrected chi connectivity index (χ3v) is 5.36. The third kappa shape index (κ3) is 3.27. The minimum Gasteiger partial charge on any atom is -0.381 e. The van der Waals surface area contributed by atoms with Crippen molar-refractivity contribution in [1.29, 1.82) is 0 Å². The van der Waals surface area contributed by atoms with Crippen LogP contribution in [-0.4, -0.2) is 6.04 Å². The Morgan fingerprint density at radius 2 is 1.76 bits per heavy atom. The van der Waals surface area contributed by atoms with Gasteiger partial charge in [-0.2, -0.15) is 0 Å². The fourth-order valence-electron chi connectivity index (χ4n) is 2.82. The molecule has 0 spiro atoms. The van der Waals surface area contributed by atoms with E-state index in [-0.39, 0.29) is 0 Å². The predicted octanol–water partition coefficient (Wildman–Crippen LogP) is 6.08. The highest BCUT2D eigenvalue weighted by molar-refractivity contribution is 9.10. The lowest BCUT2D eigenvalue weighted by molar-refractivity contribution is 0.374. The minimum absolute atomic E-state index is 0.534. The zero-order valence-electron chi connectivity index (χ0n) is 12.3. The summed E-state index contributed by atoms with van der Waals surface area (Å²) < 4.78 is 1.09. The molecule has 0 aliphatic heterocycles. The second kappa shape index (κ2) is 6.02. The largest absolute Gasteiger partial charge is 0.381 e. The predicted molar refractivity (Wildman–Crippen MR) is 94.5 cm³/mol. The Balaban J connectivity index is 1.62. The van der Waals surface area contributed by atoms with Gasteiger partial charge in [0.15, 0.2) is 0 Å². The molecule has 1 N–H and O–H groups in total. The van der Waals surface area contributed by atoms with Crippen molar-refractivity contribution in [3.05, 3.63) is 62.6 Å². The molecule has 2 aromatic carbocycles. The molecule has 1 aliphatic carbocycles. The first-order valence-corrected chi connectivity index (χ1v) is 8.49. The molecule has 3 rings (SSSR count). The fourth-order valence-corrected chi connectivity index (χ4v) is 3.56. The summed E-state index contributed by atoms with van der Waals surface area (Å²) in [5, 5.41) is 4.41. The summed E-state index contributed by atoms with van der Waals surface area (Å²) in [6.07, 6.45) is 2.36. The summed E-state index contributed by atoms with van der Waals surface area (Å²) in [5.41, 5.74) is 4.98. The van der Waals surface area contributed by atoms with E-state index in [2.05, 4.69) is 58.5 Å². The molecular weight excluding hydrogens is 346 g/mol. The molecule has 3 heteroatoms. The summed E-state index contributed by atoms with van der Waals surface area (Å²) in [4.78, 5) is 0. The number of aryl methyl sites for hydroxylation is 2. The van der Waals surface area contributed by atoms with Gasteiger partial charge in [-0.05, 0) is 71.8 Å². The lowest BCUT2D eigenvalue weighted by Gasteiger charge is -2.37. The van der Waals surface area contributed by atoms with E-state index in [4.69, 9.17) is 11.6 Å². The number of hydrogen-bond acceptors (Lipinski definition) is 1. The van der Waals surface area contributed by atoms with Crippen LogP contribution in [-0.2, 0) is 0 Å². The van der Waals surface area contributed by atoms with Crippen LogP contribution in [0, 0.1) is 13.8 Å². The number of benzene rings is 2. The first kappa shape index (κ1) is 14.9. The normalized spacial score (nSPS) is 21.0. The van der Waals surface area contributed by atoms with E-state index < -0.39 is 0 Å². The van der Waals surface area contributed by atoms with Gasteiger partial charge in [-0.15, -0.1) is 0 Å². The van der Waals surface area contributed by atoms with E-state index in [1.165, 1.54) is 24.0 Å². The van der Waals surface area contributed by atoms with Gasteiger partial charge >= 0.3 is 0 Å². The van der Waals surface area contributed by atoms with Gasteiger partial charge in [-0.3, -0.25) is 0 Å². The summed E-state index contributed by atoms with van der Waals surface area (Å²) in [6, 6.07) is 13.5. The van der Waals surface area contributed by atoms with Gasteiger partial charge in [0.1, 0.15) is 0 Å². The van der Waals surface area contributed by atoms with Crippen molar-refractivity contribution in [2.45, 2.75) is 38.6 Å². The Hall–Kier alpha value is -0.990. The molecule has 1 nitrogen and oxygen atoms in total. The van der Waals surface area contributed by atoms with E-state index in [0.29, 0.717) is 12.0 Å². The van der Waals surface area contributed by atoms with Crippen molar-refractivity contribution in [3.63, 3.8) is 0 Å². The van der Waals surface area contributed by atoms with Crippen LogP contribution in [0.3, 0.4) is 0 Å². The second-order valence-electron chi connectivity index (χ2n) is 6.00. The first-order chi connectivity index (χ1) is 10.0. The maximum absolute atomic E-state index is 6.21. The van der Waals surface area contributed by atoms with Crippen molar-refractivity contribution in [1.82, 2.24) is 0 Å². The van der Waals surface area contributed by atoms with Gasteiger partial charge in [-0.1, -0.05) is 41.4 Å². The molecule has 0 aromatic heterocycles. The van der Waals surface area contributed by atoms with Gasteiger partial charge < -0.3 is 5.32 Å². The third-order valence-electron chi connectivity index (χ3n) is 4.29. The highest BCUT2D eigenvalue weighted by Crippen LogP contribution is 2.40. The van der Waals surface area contributed by atoms with E-state index >= 15 is 0 Å². The Morgan fingerprint density at radius 1 is 1.10 bits per heavy atom. The van der Waals surface area contributed by atoms with Crippen LogP contribution in [0.25, 0.3) is 0 Å². The molecule has 0 heterocycles. The zero-order chi connectivity index (χ0) is 15.0. The molecule has 110 valence electrons. The Morgan fingerprint density at radius 3 is 2.43 bits per heavy atom. The van der Waals surface area contributed by atoms with E-state index in [0.717, 1.165) is 20.7 Å². The molecule has 1 aliphatic rings. The van der Waals surface area contributed by atoms with Crippen molar-refractivity contribution in [3.8, 4) is 0 Å². The lowest BCUT2D eigenvalue weighted by atomic mass is 9.75. The van der Waals surface area contributed by atoms with Gasteiger partial charge in [0.05, 0.1) is 5.69 Å². The van der Waals surface area contributed by atoms with Crippen molar-refractivity contribution >= 4 is 33.2 Å². The quantitative estimate of drug-likeness (QED) is 0.696. The van der Waals surface area contributed by atoms with Crippen LogP contribution in [0.15, 0.2) is 40.9 Å². The minimum atomic E-state index is 0.534. The summed E-state index contributed by atoms with van der Waals surface area (Å²) in [6.45, 7) is 4.15. The average molecular weight is 365 g/mol. The van der Waals surface area contributed by atoms with Crippen molar-refractivity contribution < 1.29 is 0 Å². The number of anilines is 1. The smallest absolute Gasteiger partial charge is 0.0501 e. The monoisotopic (exact) mass is 363 g/mol. The molecule has 2 aromatic rings. The second-order valence-corrected chi connectivity index (χ2v) is 7.26. The summed E-state index contributed by atoms with van der Waals surface area (Å²) >= 11 is 9.82. The summed E-state index contributed by atoms with van der Waals surface area (Å²) in [5.74, 6) is 0.683. The maximum Gasteiger partial charge on any atom is 0.0501 e. The van der Waals surface area contributed by atoms with Crippen molar-refractivity contribution in [2.24, 2.45) is 0 Å². The van der Waals surface area contributed by atoms with Crippen LogP contribution in [0.5, 0.6) is 0 Å². The molecule has 0 atom stereocenters. The van der Waals surface area contributed by atoms with Crippen LogP contribution < -0.4 is 5.32 Å². The highest BCUT2D eigenvalue weighted by Gasteiger charge is 2.30. The van der Waals surface area contributed by atoms with E-state index in [9.17, 15) is 0 Å². The Labute approximate surface area is 139 Å². The van der Waals surface area contributed by atoms with Crippen molar-refractivity contribution in [2.75, 3.05) is 5.32 Å². The molecule has 0 amide bonds. The van der Waals surface area contributed by atoms with Gasteiger partial charge in [0.25, 0.3) is 0 Å². The van der Waals surface area contributed by atoms with Gasteiger partial charge in [-0.25, -0.2) is 0 Å². The fraction of sp³-hybridized carbons (Fsp3) is 0.333. The molecule has 0 unspecified atom stereocenters. The SMILES string of the molecule is Cc1ccc(C2CC(Nc3cc(Cl)c(C)cc3Br)C2)cc1. The number of halogens is 2. The Bertz CT molecular complexity index is 645. The topological polar surface area (TPSA) is 12.0 Å². The van der Waals surface area contributed by atoms with Gasteiger partial charge in [0.2, 0.25) is 0 Å². The molecule has 0 radical (unpaired) electrons. The van der Waals surface area contributed by atoms with Crippen LogP contribution >= 0.6 is 27.5 Å². The zero-order valence-corrected chi connectivity index (χ0v) is 14.6. The molecule has 1 saturated carbocycles. The van der Waals surface area contributed by atoms with Gasteiger partial charge in [0, 0.05) is 15.5 Å². The Kier molecular flexibility index (Phi) is 4.28. The number of nitrogens with one attached hydrogen (secondary N) is 1. The molecule has 0 saturated heterocycles. The van der Waals surface area contributed by atoms with E-state index in [1.807, 2.05) is 13.0 Å². The highest BCUT2D eigenvalue weighted by atomic mass is 79.9. The first-order valence-electron chi connectivity index (χ1n) is 7.31. The summed E-state index contributed by atoms with van der Waals surface area (Å²) in [7, 11) is 0. The lowest BCUT2D eigenvalue weighted by Crippen LogP contribution is -2.34. The molecule has 0 bridgehead atoms. The van der Waals surface area contributed by atoms with Crippen LogP contribution in [0.4, 0.5) is 5.69 Å². The number of rotatable bonds is 3. The van der Waals surface area contributed by atoms with Crippen LogP contribution in [0.1, 0.15) is 35.4 Å².